The lowest BCUT2D eigenvalue weighted by molar-refractivity contribution is -0.274. The number of nitrogens with one attached hydrogen (secondary N) is 1. The molecule has 3 rings (SSSR count). The summed E-state index contributed by atoms with van der Waals surface area (Å²) in [5.74, 6) is 0.352. The van der Waals surface area contributed by atoms with Gasteiger partial charge in [0.15, 0.2) is 5.82 Å². The maximum Gasteiger partial charge on any atom is 0.573 e. The molecule has 0 unspecified atom stereocenters. The van der Waals surface area contributed by atoms with E-state index in [-0.39, 0.29) is 5.75 Å². The second-order valence-corrected chi connectivity index (χ2v) is 5.16. The SMILES string of the molecule is FC(F)(F)Oc1ccc(CNc2nccnc2-c2ccccc2)cc1. The van der Waals surface area contributed by atoms with Crippen LogP contribution in [0.5, 0.6) is 5.75 Å². The molecule has 4 nitrogen and oxygen atoms in total. The lowest BCUT2D eigenvalue weighted by Gasteiger charge is -2.11. The summed E-state index contributed by atoms with van der Waals surface area (Å²) in [6, 6.07) is 15.3. The summed E-state index contributed by atoms with van der Waals surface area (Å²) in [6.45, 7) is 0.394. The molecule has 0 aliphatic heterocycles. The molecule has 0 atom stereocenters. The van der Waals surface area contributed by atoms with Gasteiger partial charge in [0.1, 0.15) is 11.4 Å². The standard InChI is InChI=1S/C18H14F3N3O/c19-18(20,21)25-15-8-6-13(7-9-15)12-24-17-16(22-10-11-23-17)14-4-2-1-3-5-14/h1-11H,12H2,(H,23,24). The van der Waals surface area contributed by atoms with Crippen molar-refractivity contribution in [3.05, 3.63) is 72.6 Å². The Morgan fingerprint density at radius 1 is 0.880 bits per heavy atom. The minimum Gasteiger partial charge on any atom is -0.406 e. The third-order valence-electron chi connectivity index (χ3n) is 3.36. The van der Waals surface area contributed by atoms with E-state index in [1.807, 2.05) is 30.3 Å². The number of alkyl halides is 3. The fourth-order valence-corrected chi connectivity index (χ4v) is 2.27. The zero-order valence-electron chi connectivity index (χ0n) is 13.0. The molecule has 1 aromatic heterocycles. The van der Waals surface area contributed by atoms with Crippen molar-refractivity contribution in [2.24, 2.45) is 0 Å². The molecule has 0 radical (unpaired) electrons. The van der Waals surface area contributed by atoms with E-state index >= 15 is 0 Å². The minimum absolute atomic E-state index is 0.249. The number of hydrogen-bond acceptors (Lipinski definition) is 4. The van der Waals surface area contributed by atoms with Crippen LogP contribution >= 0.6 is 0 Å². The second-order valence-electron chi connectivity index (χ2n) is 5.16. The highest BCUT2D eigenvalue weighted by Gasteiger charge is 2.30. The molecule has 0 amide bonds. The molecular weight excluding hydrogens is 331 g/mol. The average Bonchev–Trinajstić information content (AvgIpc) is 2.61. The van der Waals surface area contributed by atoms with Crippen LogP contribution in [0.2, 0.25) is 0 Å². The zero-order chi connectivity index (χ0) is 17.7. The Kier molecular flexibility index (Phi) is 4.83. The molecular formula is C18H14F3N3O. The summed E-state index contributed by atoms with van der Waals surface area (Å²) in [7, 11) is 0. The van der Waals surface area contributed by atoms with Gasteiger partial charge in [-0.1, -0.05) is 42.5 Å². The molecule has 0 aliphatic carbocycles. The summed E-state index contributed by atoms with van der Waals surface area (Å²) in [5.41, 5.74) is 2.42. The van der Waals surface area contributed by atoms with E-state index in [1.165, 1.54) is 12.1 Å². The van der Waals surface area contributed by atoms with Crippen LogP contribution < -0.4 is 10.1 Å². The zero-order valence-corrected chi connectivity index (χ0v) is 13.0. The molecule has 0 spiro atoms. The van der Waals surface area contributed by atoms with Crippen LogP contribution in [0.4, 0.5) is 19.0 Å². The molecule has 2 aromatic carbocycles. The van der Waals surface area contributed by atoms with Gasteiger partial charge in [-0.05, 0) is 17.7 Å². The maximum atomic E-state index is 12.2. The third kappa shape index (κ3) is 4.69. The Bertz CT molecular complexity index is 821. The minimum atomic E-state index is -4.69. The van der Waals surface area contributed by atoms with Crippen molar-refractivity contribution in [1.82, 2.24) is 9.97 Å². The Labute approximate surface area is 142 Å². The largest absolute Gasteiger partial charge is 0.573 e. The predicted molar refractivity (Wildman–Crippen MR) is 87.9 cm³/mol. The summed E-state index contributed by atoms with van der Waals surface area (Å²) >= 11 is 0. The van der Waals surface area contributed by atoms with Crippen molar-refractivity contribution < 1.29 is 17.9 Å². The van der Waals surface area contributed by atoms with Gasteiger partial charge in [-0.25, -0.2) is 4.98 Å². The number of nitrogens with zero attached hydrogens (tertiary/aromatic N) is 2. The first-order valence-electron chi connectivity index (χ1n) is 7.46. The molecule has 0 fully saturated rings. The Morgan fingerprint density at radius 2 is 1.56 bits per heavy atom. The molecule has 0 bridgehead atoms. The molecule has 25 heavy (non-hydrogen) atoms. The topological polar surface area (TPSA) is 47.0 Å². The fraction of sp³-hybridized carbons (Fsp3) is 0.111. The summed E-state index contributed by atoms with van der Waals surface area (Å²) < 4.78 is 40.4. The maximum absolute atomic E-state index is 12.2. The molecule has 1 N–H and O–H groups in total. The number of aromatic nitrogens is 2. The highest BCUT2D eigenvalue weighted by Crippen LogP contribution is 2.25. The number of rotatable bonds is 5. The van der Waals surface area contributed by atoms with E-state index in [0.717, 1.165) is 11.1 Å². The lowest BCUT2D eigenvalue weighted by Crippen LogP contribution is -2.17. The van der Waals surface area contributed by atoms with Crippen molar-refractivity contribution >= 4 is 5.82 Å². The quantitative estimate of drug-likeness (QED) is 0.731. The van der Waals surface area contributed by atoms with Gasteiger partial charge in [-0.15, -0.1) is 13.2 Å². The lowest BCUT2D eigenvalue weighted by atomic mass is 10.1. The summed E-state index contributed by atoms with van der Waals surface area (Å²) in [6.07, 6.45) is -1.50. The van der Waals surface area contributed by atoms with Crippen molar-refractivity contribution in [3.63, 3.8) is 0 Å². The molecule has 0 saturated heterocycles. The van der Waals surface area contributed by atoms with Gasteiger partial charge in [0.05, 0.1) is 0 Å². The van der Waals surface area contributed by atoms with Gasteiger partial charge in [0.25, 0.3) is 0 Å². The Balaban J connectivity index is 1.70. The molecule has 0 saturated carbocycles. The molecule has 7 heteroatoms. The van der Waals surface area contributed by atoms with E-state index in [2.05, 4.69) is 20.0 Å². The van der Waals surface area contributed by atoms with Gasteiger partial charge < -0.3 is 10.1 Å². The molecule has 0 aliphatic rings. The second kappa shape index (κ2) is 7.21. The smallest absolute Gasteiger partial charge is 0.406 e. The van der Waals surface area contributed by atoms with E-state index < -0.39 is 6.36 Å². The highest BCUT2D eigenvalue weighted by molar-refractivity contribution is 5.70. The van der Waals surface area contributed by atoms with Gasteiger partial charge >= 0.3 is 6.36 Å². The molecule has 3 aromatic rings. The number of ether oxygens (including phenoxy) is 1. The van der Waals surface area contributed by atoms with E-state index in [4.69, 9.17) is 0 Å². The third-order valence-corrected chi connectivity index (χ3v) is 3.36. The monoisotopic (exact) mass is 345 g/mol. The number of hydrogen-bond donors (Lipinski definition) is 1. The van der Waals surface area contributed by atoms with Crippen LogP contribution in [-0.2, 0) is 6.54 Å². The van der Waals surface area contributed by atoms with Crippen LogP contribution in [0.1, 0.15) is 5.56 Å². The molecule has 1 heterocycles. The van der Waals surface area contributed by atoms with Gasteiger partial charge in [0.2, 0.25) is 0 Å². The Morgan fingerprint density at radius 3 is 2.24 bits per heavy atom. The Hall–Kier alpha value is -3.09. The van der Waals surface area contributed by atoms with Crippen LogP contribution in [0.25, 0.3) is 11.3 Å². The fourth-order valence-electron chi connectivity index (χ4n) is 2.27. The molecule has 128 valence electrons. The van der Waals surface area contributed by atoms with Crippen LogP contribution in [-0.4, -0.2) is 16.3 Å². The number of anilines is 1. The van der Waals surface area contributed by atoms with E-state index in [9.17, 15) is 13.2 Å². The van der Waals surface area contributed by atoms with Crippen LogP contribution in [0.3, 0.4) is 0 Å². The van der Waals surface area contributed by atoms with Gasteiger partial charge in [-0.3, -0.25) is 4.98 Å². The van der Waals surface area contributed by atoms with Crippen LogP contribution in [0.15, 0.2) is 67.0 Å². The number of halogens is 3. The average molecular weight is 345 g/mol. The predicted octanol–water partition coefficient (Wildman–Crippen LogP) is 4.65. The van der Waals surface area contributed by atoms with Gasteiger partial charge in [0, 0.05) is 24.5 Å². The highest BCUT2D eigenvalue weighted by atomic mass is 19.4. The number of benzene rings is 2. The normalized spacial score (nSPS) is 11.2. The summed E-state index contributed by atoms with van der Waals surface area (Å²) in [5, 5.41) is 3.16. The van der Waals surface area contributed by atoms with Crippen molar-refractivity contribution in [2.75, 3.05) is 5.32 Å². The first-order valence-corrected chi connectivity index (χ1v) is 7.46. The van der Waals surface area contributed by atoms with Crippen molar-refractivity contribution in [1.29, 1.82) is 0 Å². The van der Waals surface area contributed by atoms with Gasteiger partial charge in [-0.2, -0.15) is 0 Å². The van der Waals surface area contributed by atoms with Crippen molar-refractivity contribution in [3.8, 4) is 17.0 Å². The van der Waals surface area contributed by atoms with Crippen molar-refractivity contribution in [2.45, 2.75) is 12.9 Å². The van der Waals surface area contributed by atoms with E-state index in [0.29, 0.717) is 18.1 Å². The first-order chi connectivity index (χ1) is 12.0. The van der Waals surface area contributed by atoms with E-state index in [1.54, 1.807) is 24.5 Å². The summed E-state index contributed by atoms with van der Waals surface area (Å²) in [4.78, 5) is 8.63. The first kappa shape index (κ1) is 16.8. The van der Waals surface area contributed by atoms with Crippen LogP contribution in [0, 0.1) is 0 Å².